The summed E-state index contributed by atoms with van der Waals surface area (Å²) in [5.74, 6) is 0.361. The molecule has 0 spiro atoms. The minimum atomic E-state index is -0.428. The van der Waals surface area contributed by atoms with E-state index in [-0.39, 0.29) is 5.91 Å². The first-order chi connectivity index (χ1) is 7.68. The lowest BCUT2D eigenvalue weighted by atomic mass is 10.2. The molecule has 0 bridgehead atoms. The SMILES string of the molecule is NC(=O)C1COCCN1c1ccc(Br)cn1. The van der Waals surface area contributed by atoms with E-state index in [9.17, 15) is 4.79 Å². The predicted molar refractivity (Wildman–Crippen MR) is 63.1 cm³/mol. The van der Waals surface area contributed by atoms with Crippen molar-refractivity contribution >= 4 is 27.7 Å². The fourth-order valence-electron chi connectivity index (χ4n) is 1.65. The number of morpholine rings is 1. The number of amides is 1. The first kappa shape index (κ1) is 11.3. The van der Waals surface area contributed by atoms with E-state index in [1.807, 2.05) is 17.0 Å². The summed E-state index contributed by atoms with van der Waals surface area (Å²) in [5.41, 5.74) is 5.33. The summed E-state index contributed by atoms with van der Waals surface area (Å²) >= 11 is 3.32. The second-order valence-corrected chi connectivity index (χ2v) is 4.44. The monoisotopic (exact) mass is 285 g/mol. The van der Waals surface area contributed by atoms with Crippen molar-refractivity contribution in [2.45, 2.75) is 6.04 Å². The Morgan fingerprint density at radius 3 is 3.06 bits per heavy atom. The van der Waals surface area contributed by atoms with Crippen molar-refractivity contribution in [1.29, 1.82) is 0 Å². The third kappa shape index (κ3) is 2.33. The van der Waals surface area contributed by atoms with Crippen LogP contribution in [-0.4, -0.2) is 36.7 Å². The second-order valence-electron chi connectivity index (χ2n) is 3.52. The Hall–Kier alpha value is -1.14. The number of carbonyl (C=O) groups is 1. The first-order valence-corrected chi connectivity index (χ1v) is 5.73. The Kier molecular flexibility index (Phi) is 3.40. The van der Waals surface area contributed by atoms with E-state index >= 15 is 0 Å². The topological polar surface area (TPSA) is 68.5 Å². The molecule has 0 aliphatic carbocycles. The van der Waals surface area contributed by atoms with E-state index < -0.39 is 6.04 Å². The van der Waals surface area contributed by atoms with Gasteiger partial charge in [0.05, 0.1) is 13.2 Å². The number of hydrogen-bond donors (Lipinski definition) is 1. The first-order valence-electron chi connectivity index (χ1n) is 4.94. The quantitative estimate of drug-likeness (QED) is 0.861. The van der Waals surface area contributed by atoms with Crippen molar-refractivity contribution in [2.24, 2.45) is 5.73 Å². The molecule has 86 valence electrons. The Morgan fingerprint density at radius 2 is 2.44 bits per heavy atom. The van der Waals surface area contributed by atoms with Crippen molar-refractivity contribution in [3.05, 3.63) is 22.8 Å². The number of pyridine rings is 1. The third-order valence-electron chi connectivity index (χ3n) is 2.46. The van der Waals surface area contributed by atoms with Crippen molar-refractivity contribution in [2.75, 3.05) is 24.7 Å². The highest BCUT2D eigenvalue weighted by Crippen LogP contribution is 2.19. The van der Waals surface area contributed by atoms with Gasteiger partial charge in [-0.15, -0.1) is 0 Å². The highest BCUT2D eigenvalue weighted by atomic mass is 79.9. The lowest BCUT2D eigenvalue weighted by Gasteiger charge is -2.34. The molecule has 1 amide bonds. The number of anilines is 1. The molecule has 5 nitrogen and oxygen atoms in total. The lowest BCUT2D eigenvalue weighted by Crippen LogP contribution is -2.52. The largest absolute Gasteiger partial charge is 0.377 e. The van der Waals surface area contributed by atoms with Crippen LogP contribution in [0.5, 0.6) is 0 Å². The molecular weight excluding hydrogens is 274 g/mol. The smallest absolute Gasteiger partial charge is 0.242 e. The fraction of sp³-hybridized carbons (Fsp3) is 0.400. The molecule has 1 aromatic heterocycles. The number of ether oxygens (including phenoxy) is 1. The molecule has 2 heterocycles. The molecule has 16 heavy (non-hydrogen) atoms. The van der Waals surface area contributed by atoms with Gasteiger partial charge in [-0.3, -0.25) is 4.79 Å². The van der Waals surface area contributed by atoms with Crippen LogP contribution in [0.4, 0.5) is 5.82 Å². The maximum Gasteiger partial charge on any atom is 0.242 e. The van der Waals surface area contributed by atoms with Gasteiger partial charge in [0.1, 0.15) is 11.9 Å². The highest BCUT2D eigenvalue weighted by Gasteiger charge is 2.28. The Labute approximate surface area is 102 Å². The number of aromatic nitrogens is 1. The Balaban J connectivity index is 2.23. The van der Waals surface area contributed by atoms with Gasteiger partial charge < -0.3 is 15.4 Å². The summed E-state index contributed by atoms with van der Waals surface area (Å²) in [6.07, 6.45) is 1.70. The number of nitrogens with zero attached hydrogens (tertiary/aromatic N) is 2. The molecule has 1 aromatic rings. The normalized spacial score (nSPS) is 20.8. The molecule has 2 rings (SSSR count). The molecule has 0 saturated carbocycles. The molecular formula is C10H12BrN3O2. The number of rotatable bonds is 2. The van der Waals surface area contributed by atoms with Crippen molar-refractivity contribution in [3.8, 4) is 0 Å². The van der Waals surface area contributed by atoms with E-state index in [0.717, 1.165) is 10.3 Å². The fourth-order valence-corrected chi connectivity index (χ4v) is 1.89. The molecule has 1 aliphatic heterocycles. The summed E-state index contributed by atoms with van der Waals surface area (Å²) in [6, 6.07) is 3.31. The van der Waals surface area contributed by atoms with Crippen LogP contribution in [0.1, 0.15) is 0 Å². The molecule has 0 radical (unpaired) electrons. The maximum atomic E-state index is 11.3. The molecule has 0 aromatic carbocycles. The van der Waals surface area contributed by atoms with E-state index in [4.69, 9.17) is 10.5 Å². The zero-order valence-electron chi connectivity index (χ0n) is 8.60. The maximum absolute atomic E-state index is 11.3. The average molecular weight is 286 g/mol. The molecule has 1 aliphatic rings. The van der Waals surface area contributed by atoms with Crippen molar-refractivity contribution < 1.29 is 9.53 Å². The second kappa shape index (κ2) is 4.80. The predicted octanol–water partition coefficient (Wildman–Crippen LogP) is 0.535. The number of carbonyl (C=O) groups excluding carboxylic acids is 1. The molecule has 1 atom stereocenters. The lowest BCUT2D eigenvalue weighted by molar-refractivity contribution is -0.121. The molecule has 1 unspecified atom stereocenters. The van der Waals surface area contributed by atoms with Crippen LogP contribution in [0, 0.1) is 0 Å². The van der Waals surface area contributed by atoms with E-state index in [2.05, 4.69) is 20.9 Å². The van der Waals surface area contributed by atoms with E-state index in [1.54, 1.807) is 6.20 Å². The minimum absolute atomic E-state index is 0.326. The van der Waals surface area contributed by atoms with Gasteiger partial charge in [-0.2, -0.15) is 0 Å². The standard InChI is InChI=1S/C10H12BrN3O2/c11-7-1-2-9(13-5-7)14-3-4-16-6-8(14)10(12)15/h1-2,5,8H,3-4,6H2,(H2,12,15). The van der Waals surface area contributed by atoms with Gasteiger partial charge in [-0.1, -0.05) is 0 Å². The summed E-state index contributed by atoms with van der Waals surface area (Å²) < 4.78 is 6.14. The number of hydrogen-bond acceptors (Lipinski definition) is 4. The van der Waals surface area contributed by atoms with Gasteiger partial charge in [0, 0.05) is 17.2 Å². The molecule has 2 N–H and O–H groups in total. The highest BCUT2D eigenvalue weighted by molar-refractivity contribution is 9.10. The van der Waals surface area contributed by atoms with Crippen LogP contribution in [0.2, 0.25) is 0 Å². The van der Waals surface area contributed by atoms with Crippen LogP contribution < -0.4 is 10.6 Å². The third-order valence-corrected chi connectivity index (χ3v) is 2.93. The van der Waals surface area contributed by atoms with Gasteiger partial charge in [0.25, 0.3) is 0 Å². The van der Waals surface area contributed by atoms with Crippen molar-refractivity contribution in [1.82, 2.24) is 4.98 Å². The summed E-state index contributed by atoms with van der Waals surface area (Å²) in [6.45, 7) is 1.54. The molecule has 1 saturated heterocycles. The van der Waals surface area contributed by atoms with Gasteiger partial charge >= 0.3 is 0 Å². The molecule has 6 heteroatoms. The minimum Gasteiger partial charge on any atom is -0.377 e. The Morgan fingerprint density at radius 1 is 1.62 bits per heavy atom. The van der Waals surface area contributed by atoms with Gasteiger partial charge in [0.2, 0.25) is 5.91 Å². The van der Waals surface area contributed by atoms with Crippen LogP contribution in [0.3, 0.4) is 0 Å². The van der Waals surface area contributed by atoms with Crippen LogP contribution in [-0.2, 0) is 9.53 Å². The van der Waals surface area contributed by atoms with Crippen LogP contribution in [0.25, 0.3) is 0 Å². The summed E-state index contributed by atoms with van der Waals surface area (Å²) in [5, 5.41) is 0. The zero-order valence-corrected chi connectivity index (χ0v) is 10.2. The van der Waals surface area contributed by atoms with Gasteiger partial charge in [0.15, 0.2) is 0 Å². The molecule has 1 fully saturated rings. The summed E-state index contributed by atoms with van der Waals surface area (Å²) in [4.78, 5) is 17.4. The van der Waals surface area contributed by atoms with Crippen molar-refractivity contribution in [3.63, 3.8) is 0 Å². The number of nitrogens with two attached hydrogens (primary N) is 1. The van der Waals surface area contributed by atoms with E-state index in [0.29, 0.717) is 19.8 Å². The number of primary amides is 1. The van der Waals surface area contributed by atoms with Crippen LogP contribution in [0.15, 0.2) is 22.8 Å². The zero-order chi connectivity index (χ0) is 11.5. The van der Waals surface area contributed by atoms with E-state index in [1.165, 1.54) is 0 Å². The summed E-state index contributed by atoms with van der Waals surface area (Å²) in [7, 11) is 0. The average Bonchev–Trinajstić information content (AvgIpc) is 2.30. The Bertz CT molecular complexity index is 382. The van der Waals surface area contributed by atoms with Crippen LogP contribution >= 0.6 is 15.9 Å². The van der Waals surface area contributed by atoms with Gasteiger partial charge in [-0.25, -0.2) is 4.98 Å². The van der Waals surface area contributed by atoms with Gasteiger partial charge in [-0.05, 0) is 28.1 Å². The number of halogens is 1.